The Morgan fingerprint density at radius 3 is 3.00 bits per heavy atom. The minimum atomic E-state index is 0.169. The lowest BCUT2D eigenvalue weighted by Crippen LogP contribution is -2.46. The lowest BCUT2D eigenvalue weighted by molar-refractivity contribution is 0.162. The molecule has 2 atom stereocenters. The maximum Gasteiger partial charge on any atom is 0.113 e. The number of aromatic nitrogens is 1. The van der Waals surface area contributed by atoms with Gasteiger partial charge in [0.2, 0.25) is 0 Å². The molecule has 1 N–H and O–H groups in total. The van der Waals surface area contributed by atoms with Crippen LogP contribution in [0.25, 0.3) is 0 Å². The second-order valence-electron chi connectivity index (χ2n) is 6.44. The second kappa shape index (κ2) is 6.85. The van der Waals surface area contributed by atoms with E-state index in [1.54, 1.807) is 0 Å². The summed E-state index contributed by atoms with van der Waals surface area (Å²) in [7, 11) is 0. The van der Waals surface area contributed by atoms with E-state index in [9.17, 15) is 0 Å². The van der Waals surface area contributed by atoms with Gasteiger partial charge in [0, 0.05) is 11.6 Å². The zero-order valence-electron chi connectivity index (χ0n) is 12.6. The molecule has 0 aromatic carbocycles. The highest BCUT2D eigenvalue weighted by molar-refractivity contribution is 7.09. The van der Waals surface area contributed by atoms with Crippen molar-refractivity contribution in [2.24, 2.45) is 11.8 Å². The fourth-order valence-corrected chi connectivity index (χ4v) is 4.37. The summed E-state index contributed by atoms with van der Waals surface area (Å²) in [5.74, 6) is 1.67. The monoisotopic (exact) mass is 280 g/mol. The van der Waals surface area contributed by atoms with E-state index in [1.165, 1.54) is 43.5 Å². The molecule has 19 heavy (non-hydrogen) atoms. The number of hydrogen-bond donors (Lipinski definition) is 1. The first kappa shape index (κ1) is 15.0. The molecule has 0 aliphatic heterocycles. The van der Waals surface area contributed by atoms with Crippen LogP contribution in [0.15, 0.2) is 11.6 Å². The van der Waals surface area contributed by atoms with Gasteiger partial charge >= 0.3 is 0 Å². The molecule has 0 radical (unpaired) electrons. The van der Waals surface area contributed by atoms with Crippen LogP contribution in [-0.4, -0.2) is 11.5 Å². The second-order valence-corrected chi connectivity index (χ2v) is 7.33. The molecule has 1 aliphatic rings. The van der Waals surface area contributed by atoms with Crippen LogP contribution in [0.4, 0.5) is 0 Å². The molecular weight excluding hydrogens is 252 g/mol. The molecular formula is C16H28N2S. The Labute approximate surface area is 122 Å². The average Bonchev–Trinajstić information content (AvgIpc) is 2.90. The quantitative estimate of drug-likeness (QED) is 0.825. The highest BCUT2D eigenvalue weighted by atomic mass is 32.1. The molecule has 1 fully saturated rings. The Bertz CT molecular complexity index is 361. The van der Waals surface area contributed by atoms with Crippen LogP contribution in [0.1, 0.15) is 64.3 Å². The first-order valence-corrected chi connectivity index (χ1v) is 8.69. The van der Waals surface area contributed by atoms with E-state index in [0.29, 0.717) is 0 Å². The first-order valence-electron chi connectivity index (χ1n) is 7.81. The van der Waals surface area contributed by atoms with Gasteiger partial charge in [0.15, 0.2) is 0 Å². The number of hydrogen-bond acceptors (Lipinski definition) is 3. The van der Waals surface area contributed by atoms with E-state index in [0.717, 1.165) is 18.4 Å². The Kier molecular flexibility index (Phi) is 5.40. The van der Waals surface area contributed by atoms with E-state index < -0.39 is 0 Å². The minimum absolute atomic E-state index is 0.169. The highest BCUT2D eigenvalue weighted by Crippen LogP contribution is 2.42. The van der Waals surface area contributed by atoms with Crippen LogP contribution in [-0.2, 0) is 5.54 Å². The van der Waals surface area contributed by atoms with Crippen LogP contribution in [0.3, 0.4) is 0 Å². The summed E-state index contributed by atoms with van der Waals surface area (Å²) in [5, 5.41) is 7.27. The maximum atomic E-state index is 4.63. The van der Waals surface area contributed by atoms with Gasteiger partial charge in [-0.05, 0) is 44.1 Å². The molecule has 0 amide bonds. The van der Waals surface area contributed by atoms with Crippen LogP contribution < -0.4 is 5.32 Å². The van der Waals surface area contributed by atoms with Crippen molar-refractivity contribution in [3.05, 3.63) is 16.6 Å². The normalized spacial score (nSPS) is 27.9. The Balaban J connectivity index is 2.13. The van der Waals surface area contributed by atoms with Crippen molar-refractivity contribution in [3.63, 3.8) is 0 Å². The van der Waals surface area contributed by atoms with Crippen molar-refractivity contribution in [3.8, 4) is 0 Å². The van der Waals surface area contributed by atoms with Gasteiger partial charge < -0.3 is 5.32 Å². The lowest BCUT2D eigenvalue weighted by atomic mass is 9.73. The number of rotatable bonds is 6. The van der Waals surface area contributed by atoms with Gasteiger partial charge in [-0.15, -0.1) is 11.3 Å². The van der Waals surface area contributed by atoms with Crippen molar-refractivity contribution >= 4 is 11.3 Å². The minimum Gasteiger partial charge on any atom is -0.305 e. The molecule has 2 rings (SSSR count). The molecule has 108 valence electrons. The molecule has 2 nitrogen and oxygen atoms in total. The molecule has 1 aromatic heterocycles. The van der Waals surface area contributed by atoms with Crippen molar-refractivity contribution < 1.29 is 0 Å². The van der Waals surface area contributed by atoms with Crippen molar-refractivity contribution in [1.29, 1.82) is 0 Å². The van der Waals surface area contributed by atoms with E-state index in [4.69, 9.17) is 0 Å². The molecule has 2 unspecified atom stereocenters. The summed E-state index contributed by atoms with van der Waals surface area (Å²) in [4.78, 5) is 4.63. The Morgan fingerprint density at radius 2 is 2.37 bits per heavy atom. The fraction of sp³-hybridized carbons (Fsp3) is 0.812. The molecule has 0 spiro atoms. The molecule has 0 bridgehead atoms. The van der Waals surface area contributed by atoms with Gasteiger partial charge in [0.05, 0.1) is 5.54 Å². The van der Waals surface area contributed by atoms with Gasteiger partial charge in [0.25, 0.3) is 0 Å². The third-order valence-corrected chi connectivity index (χ3v) is 5.19. The SMILES string of the molecule is CCCNC1(c2nccs2)CCCC(CC(C)C)C1. The van der Waals surface area contributed by atoms with Gasteiger partial charge in [-0.1, -0.05) is 33.6 Å². The number of nitrogens with zero attached hydrogens (tertiary/aromatic N) is 1. The summed E-state index contributed by atoms with van der Waals surface area (Å²) in [6.45, 7) is 8.04. The van der Waals surface area contributed by atoms with Crippen LogP contribution >= 0.6 is 11.3 Å². The van der Waals surface area contributed by atoms with Crippen LogP contribution in [0.5, 0.6) is 0 Å². The molecule has 1 saturated carbocycles. The molecule has 3 heteroatoms. The zero-order chi connectivity index (χ0) is 13.7. The summed E-state index contributed by atoms with van der Waals surface area (Å²) < 4.78 is 0. The predicted molar refractivity (Wildman–Crippen MR) is 83.5 cm³/mol. The van der Waals surface area contributed by atoms with Crippen LogP contribution in [0.2, 0.25) is 0 Å². The maximum absolute atomic E-state index is 4.63. The van der Waals surface area contributed by atoms with Gasteiger partial charge in [-0.25, -0.2) is 4.98 Å². The summed E-state index contributed by atoms with van der Waals surface area (Å²) >= 11 is 1.83. The van der Waals surface area contributed by atoms with Crippen LogP contribution in [0, 0.1) is 11.8 Å². The van der Waals surface area contributed by atoms with E-state index in [1.807, 2.05) is 17.5 Å². The number of nitrogens with one attached hydrogen (secondary N) is 1. The highest BCUT2D eigenvalue weighted by Gasteiger charge is 2.39. The Hall–Kier alpha value is -0.410. The molecule has 1 heterocycles. The number of thiazole rings is 1. The van der Waals surface area contributed by atoms with E-state index >= 15 is 0 Å². The molecule has 1 aromatic rings. The van der Waals surface area contributed by atoms with Gasteiger partial charge in [-0.3, -0.25) is 0 Å². The summed E-state index contributed by atoms with van der Waals surface area (Å²) in [6.07, 6.45) is 9.80. The third-order valence-electron chi connectivity index (χ3n) is 4.21. The zero-order valence-corrected chi connectivity index (χ0v) is 13.4. The smallest absolute Gasteiger partial charge is 0.113 e. The predicted octanol–water partition coefficient (Wildman–Crippen LogP) is 4.57. The topological polar surface area (TPSA) is 24.9 Å². The summed E-state index contributed by atoms with van der Waals surface area (Å²) in [6, 6.07) is 0. The van der Waals surface area contributed by atoms with Gasteiger partial charge in [-0.2, -0.15) is 0 Å². The standard InChI is InChI=1S/C16H28N2S/c1-4-8-18-16(15-17-9-10-19-15)7-5-6-14(12-16)11-13(2)3/h9-10,13-14,18H,4-8,11-12H2,1-3H3. The van der Waals surface area contributed by atoms with Crippen molar-refractivity contribution in [1.82, 2.24) is 10.3 Å². The lowest BCUT2D eigenvalue weighted by Gasteiger charge is -2.41. The van der Waals surface area contributed by atoms with Crippen molar-refractivity contribution in [2.45, 2.75) is 64.8 Å². The molecule has 1 aliphatic carbocycles. The molecule has 0 saturated heterocycles. The fourth-order valence-electron chi connectivity index (χ4n) is 3.51. The van der Waals surface area contributed by atoms with Gasteiger partial charge in [0.1, 0.15) is 5.01 Å². The van der Waals surface area contributed by atoms with E-state index in [2.05, 4.69) is 36.5 Å². The van der Waals surface area contributed by atoms with Crippen molar-refractivity contribution in [2.75, 3.05) is 6.54 Å². The average molecular weight is 280 g/mol. The largest absolute Gasteiger partial charge is 0.305 e. The first-order chi connectivity index (χ1) is 9.16. The van der Waals surface area contributed by atoms with E-state index in [-0.39, 0.29) is 5.54 Å². The summed E-state index contributed by atoms with van der Waals surface area (Å²) in [5.41, 5.74) is 0.169. The Morgan fingerprint density at radius 1 is 1.53 bits per heavy atom. The third kappa shape index (κ3) is 3.79.